The maximum absolute atomic E-state index is 12.9. The maximum atomic E-state index is 12.9. The van der Waals surface area contributed by atoms with E-state index < -0.39 is 31.9 Å². The van der Waals surface area contributed by atoms with Crippen LogP contribution in [0.25, 0.3) is 0 Å². The van der Waals surface area contributed by atoms with Crippen LogP contribution in [0.5, 0.6) is 0 Å². The van der Waals surface area contributed by atoms with Gasteiger partial charge in [0.15, 0.2) is 15.7 Å². The minimum absolute atomic E-state index is 0.350. The van der Waals surface area contributed by atoms with Crippen LogP contribution in [-0.4, -0.2) is 28.2 Å². The number of sulfonamides is 1. The first-order valence-electron chi connectivity index (χ1n) is 5.22. The van der Waals surface area contributed by atoms with Gasteiger partial charge in [-0.1, -0.05) is 11.6 Å². The summed E-state index contributed by atoms with van der Waals surface area (Å²) < 4.78 is 65.2. The summed E-state index contributed by atoms with van der Waals surface area (Å²) >= 11 is 5.52. The van der Waals surface area contributed by atoms with Gasteiger partial charge in [-0.05, 0) is 6.07 Å². The maximum Gasteiger partial charge on any atom is 0.434 e. The summed E-state index contributed by atoms with van der Waals surface area (Å²) in [5.41, 5.74) is -1.49. The van der Waals surface area contributed by atoms with Crippen LogP contribution < -0.4 is 4.72 Å². The first kappa shape index (κ1) is 15.5. The summed E-state index contributed by atoms with van der Waals surface area (Å²) in [6.07, 6.45) is -2.50. The number of aryl methyl sites for hydroxylation is 1. The van der Waals surface area contributed by atoms with Gasteiger partial charge in [-0.15, -0.1) is 0 Å². The van der Waals surface area contributed by atoms with Gasteiger partial charge in [0.2, 0.25) is 5.95 Å². The Labute approximate surface area is 121 Å². The average Bonchev–Trinajstić information content (AvgIpc) is 2.65. The van der Waals surface area contributed by atoms with Gasteiger partial charge in [0.25, 0.3) is 10.0 Å². The van der Waals surface area contributed by atoms with Crippen molar-refractivity contribution in [2.45, 2.75) is 11.1 Å². The van der Waals surface area contributed by atoms with Crippen molar-refractivity contribution in [2.24, 2.45) is 7.05 Å². The molecule has 0 radical (unpaired) electrons. The summed E-state index contributed by atoms with van der Waals surface area (Å²) in [4.78, 5) is 5.96. The topological polar surface area (TPSA) is 89.8 Å². The zero-order valence-electron chi connectivity index (χ0n) is 10.3. The Bertz CT molecular complexity index is 760. The molecule has 2 rings (SSSR count). The molecule has 2 aromatic heterocycles. The van der Waals surface area contributed by atoms with Gasteiger partial charge in [-0.25, -0.2) is 23.1 Å². The highest BCUT2D eigenvalue weighted by Gasteiger charge is 2.43. The van der Waals surface area contributed by atoms with Crippen molar-refractivity contribution in [1.82, 2.24) is 19.7 Å². The van der Waals surface area contributed by atoms with Crippen LogP contribution in [0, 0.1) is 0 Å². The number of nitrogens with one attached hydrogen (secondary N) is 1. The highest BCUT2D eigenvalue weighted by atomic mass is 35.5. The average molecular weight is 342 g/mol. The standard InChI is InChI=1S/C9H7ClF3N5O2S/c1-18-6(9(11,12)13)5(7(10)16-18)21(19,20)17-8-14-3-2-4-15-8/h2-4H,1H3,(H,14,15,17). The molecule has 0 aliphatic rings. The number of anilines is 1. The number of hydrogen-bond acceptors (Lipinski definition) is 5. The Morgan fingerprint density at radius 3 is 2.38 bits per heavy atom. The molecule has 0 aliphatic heterocycles. The van der Waals surface area contributed by atoms with E-state index in [-0.39, 0.29) is 5.95 Å². The molecular formula is C9H7ClF3N5O2S. The summed E-state index contributed by atoms with van der Waals surface area (Å²) in [5, 5.41) is 2.49. The molecular weight excluding hydrogens is 335 g/mol. The highest BCUT2D eigenvalue weighted by Crippen LogP contribution is 2.37. The van der Waals surface area contributed by atoms with Crippen LogP contribution in [0.3, 0.4) is 0 Å². The van der Waals surface area contributed by atoms with Gasteiger partial charge in [0.05, 0.1) is 0 Å². The zero-order valence-corrected chi connectivity index (χ0v) is 11.8. The Balaban J connectivity index is 2.56. The van der Waals surface area contributed by atoms with E-state index >= 15 is 0 Å². The first-order chi connectivity index (χ1) is 9.63. The molecule has 0 spiro atoms. The van der Waals surface area contributed by atoms with Crippen LogP contribution in [-0.2, 0) is 23.2 Å². The van der Waals surface area contributed by atoms with Gasteiger partial charge in [-0.3, -0.25) is 4.68 Å². The molecule has 0 fully saturated rings. The largest absolute Gasteiger partial charge is 0.434 e. The third kappa shape index (κ3) is 3.08. The van der Waals surface area contributed by atoms with Crippen LogP contribution in [0.4, 0.5) is 19.1 Å². The van der Waals surface area contributed by atoms with Crippen molar-refractivity contribution in [3.05, 3.63) is 29.3 Å². The Morgan fingerprint density at radius 2 is 1.86 bits per heavy atom. The molecule has 2 heterocycles. The highest BCUT2D eigenvalue weighted by molar-refractivity contribution is 7.92. The van der Waals surface area contributed by atoms with E-state index in [9.17, 15) is 21.6 Å². The summed E-state index contributed by atoms with van der Waals surface area (Å²) in [7, 11) is -3.71. The molecule has 0 atom stereocenters. The molecule has 21 heavy (non-hydrogen) atoms. The van der Waals surface area contributed by atoms with Crippen molar-refractivity contribution in [3.8, 4) is 0 Å². The van der Waals surface area contributed by atoms with Crippen LogP contribution >= 0.6 is 11.6 Å². The smallest absolute Gasteiger partial charge is 0.261 e. The molecule has 0 aromatic carbocycles. The van der Waals surface area contributed by atoms with Crippen LogP contribution in [0.1, 0.15) is 5.69 Å². The van der Waals surface area contributed by atoms with Crippen molar-refractivity contribution >= 4 is 27.6 Å². The number of rotatable bonds is 3. The predicted molar refractivity (Wildman–Crippen MR) is 66.1 cm³/mol. The zero-order chi connectivity index (χ0) is 15.8. The molecule has 0 saturated carbocycles. The molecule has 2 aromatic rings. The number of nitrogens with zero attached hydrogens (tertiary/aromatic N) is 4. The molecule has 0 bridgehead atoms. The van der Waals surface area contributed by atoms with E-state index in [1.54, 1.807) is 0 Å². The Morgan fingerprint density at radius 1 is 1.29 bits per heavy atom. The molecule has 0 aliphatic carbocycles. The monoisotopic (exact) mass is 341 g/mol. The number of halogens is 4. The summed E-state index contributed by atoms with van der Waals surface area (Å²) in [6.45, 7) is 0. The normalized spacial score (nSPS) is 12.4. The van der Waals surface area contributed by atoms with Crippen LogP contribution in [0.2, 0.25) is 5.15 Å². The molecule has 0 saturated heterocycles. The van der Waals surface area contributed by atoms with E-state index in [2.05, 4.69) is 15.1 Å². The Hall–Kier alpha value is -1.88. The predicted octanol–water partition coefficient (Wildman–Crippen LogP) is 1.68. The fraction of sp³-hybridized carbons (Fsp3) is 0.222. The molecule has 0 amide bonds. The molecule has 1 N–H and O–H groups in total. The lowest BCUT2D eigenvalue weighted by molar-refractivity contribution is -0.146. The second-order valence-electron chi connectivity index (χ2n) is 3.77. The number of hydrogen-bond donors (Lipinski definition) is 1. The fourth-order valence-electron chi connectivity index (χ4n) is 1.55. The number of aromatic nitrogens is 4. The minimum atomic E-state index is -4.95. The molecule has 12 heteroatoms. The van der Waals surface area contributed by atoms with Crippen molar-refractivity contribution in [1.29, 1.82) is 0 Å². The molecule has 114 valence electrons. The summed E-state index contributed by atoms with van der Waals surface area (Å²) in [6, 6.07) is 1.41. The SMILES string of the molecule is Cn1nc(Cl)c(S(=O)(=O)Nc2ncccn2)c1C(F)(F)F. The third-order valence-corrected chi connectivity index (χ3v) is 4.04. The van der Waals surface area contributed by atoms with Gasteiger partial charge in [-0.2, -0.15) is 18.3 Å². The second-order valence-corrected chi connectivity index (χ2v) is 5.75. The molecule has 0 unspecified atom stereocenters. The molecule has 7 nitrogen and oxygen atoms in total. The van der Waals surface area contributed by atoms with Crippen molar-refractivity contribution in [2.75, 3.05) is 4.72 Å². The van der Waals surface area contributed by atoms with Crippen molar-refractivity contribution in [3.63, 3.8) is 0 Å². The van der Waals surface area contributed by atoms with E-state index in [1.165, 1.54) is 18.5 Å². The van der Waals surface area contributed by atoms with E-state index in [0.29, 0.717) is 4.68 Å². The lowest BCUT2D eigenvalue weighted by Crippen LogP contribution is -2.21. The van der Waals surface area contributed by atoms with Gasteiger partial charge < -0.3 is 0 Å². The lowest BCUT2D eigenvalue weighted by Gasteiger charge is -2.11. The van der Waals surface area contributed by atoms with Gasteiger partial charge in [0.1, 0.15) is 0 Å². The number of alkyl halides is 3. The van der Waals surface area contributed by atoms with E-state index in [0.717, 1.165) is 7.05 Å². The van der Waals surface area contributed by atoms with E-state index in [1.807, 2.05) is 4.72 Å². The third-order valence-electron chi connectivity index (χ3n) is 2.29. The Kier molecular flexibility index (Phi) is 3.80. The fourth-order valence-corrected chi connectivity index (χ4v) is 3.27. The summed E-state index contributed by atoms with van der Waals surface area (Å²) in [5.74, 6) is -0.384. The van der Waals surface area contributed by atoms with Crippen molar-refractivity contribution < 1.29 is 21.6 Å². The second kappa shape index (κ2) is 5.15. The quantitative estimate of drug-likeness (QED) is 0.917. The van der Waals surface area contributed by atoms with Gasteiger partial charge in [0, 0.05) is 19.4 Å². The van der Waals surface area contributed by atoms with Crippen LogP contribution in [0.15, 0.2) is 23.4 Å². The minimum Gasteiger partial charge on any atom is -0.261 e. The lowest BCUT2D eigenvalue weighted by atomic mass is 10.4. The van der Waals surface area contributed by atoms with Gasteiger partial charge >= 0.3 is 6.18 Å². The first-order valence-corrected chi connectivity index (χ1v) is 7.08. The van der Waals surface area contributed by atoms with E-state index in [4.69, 9.17) is 11.6 Å².